The lowest BCUT2D eigenvalue weighted by molar-refractivity contribution is 0.0539. The van der Waals surface area contributed by atoms with Crippen LogP contribution in [0.25, 0.3) is 0 Å². The predicted molar refractivity (Wildman–Crippen MR) is 66.3 cm³/mol. The number of likely N-dealkylation sites (N-methyl/N-ethyl adjacent to an activating group) is 1. The summed E-state index contributed by atoms with van der Waals surface area (Å²) in [5.41, 5.74) is 0.238. The van der Waals surface area contributed by atoms with Crippen LogP contribution in [0.4, 0.5) is 0 Å². The van der Waals surface area contributed by atoms with Gasteiger partial charge in [0, 0.05) is 18.5 Å². The average Bonchev–Trinajstić information content (AvgIpc) is 2.13. The first-order chi connectivity index (χ1) is 6.98. The maximum absolute atomic E-state index is 5.66. The summed E-state index contributed by atoms with van der Waals surface area (Å²) < 4.78 is 5.66. The highest BCUT2D eigenvalue weighted by molar-refractivity contribution is 4.70. The molecule has 92 valence electrons. The number of nitrogens with one attached hydrogen (secondary N) is 1. The molecule has 0 bridgehead atoms. The van der Waals surface area contributed by atoms with E-state index in [-0.39, 0.29) is 5.41 Å². The molecule has 0 atom stereocenters. The van der Waals surface area contributed by atoms with E-state index in [1.165, 1.54) is 6.42 Å². The second-order valence-electron chi connectivity index (χ2n) is 5.20. The minimum Gasteiger partial charge on any atom is -0.380 e. The van der Waals surface area contributed by atoms with Gasteiger partial charge < -0.3 is 15.0 Å². The Hall–Kier alpha value is -0.120. The summed E-state index contributed by atoms with van der Waals surface area (Å²) in [7, 11) is 4.13. The van der Waals surface area contributed by atoms with Gasteiger partial charge in [-0.15, -0.1) is 0 Å². The highest BCUT2D eigenvalue weighted by Crippen LogP contribution is 2.13. The Balaban J connectivity index is 3.46. The summed E-state index contributed by atoms with van der Waals surface area (Å²) >= 11 is 0. The van der Waals surface area contributed by atoms with Crippen molar-refractivity contribution < 1.29 is 4.74 Å². The van der Waals surface area contributed by atoms with Crippen LogP contribution in [-0.4, -0.2) is 51.8 Å². The van der Waals surface area contributed by atoms with Gasteiger partial charge in [0.25, 0.3) is 0 Å². The fourth-order valence-electron chi connectivity index (χ4n) is 1.25. The zero-order valence-electron chi connectivity index (χ0n) is 11.1. The Morgan fingerprint density at radius 2 is 1.93 bits per heavy atom. The molecule has 0 unspecified atom stereocenters. The zero-order chi connectivity index (χ0) is 11.7. The quantitative estimate of drug-likeness (QED) is 0.592. The fourth-order valence-corrected chi connectivity index (χ4v) is 1.25. The number of hydrogen-bond donors (Lipinski definition) is 1. The van der Waals surface area contributed by atoms with E-state index in [9.17, 15) is 0 Å². The first kappa shape index (κ1) is 14.9. The van der Waals surface area contributed by atoms with Crippen LogP contribution >= 0.6 is 0 Å². The average molecular weight is 216 g/mol. The van der Waals surface area contributed by atoms with E-state index < -0.39 is 0 Å². The largest absolute Gasteiger partial charge is 0.380 e. The van der Waals surface area contributed by atoms with Crippen LogP contribution in [-0.2, 0) is 4.74 Å². The Kier molecular flexibility index (Phi) is 8.02. The molecule has 0 fully saturated rings. The maximum Gasteiger partial charge on any atom is 0.0593 e. The Labute approximate surface area is 95.2 Å². The van der Waals surface area contributed by atoms with Gasteiger partial charge in [-0.3, -0.25) is 0 Å². The minimum absolute atomic E-state index is 0.238. The molecule has 15 heavy (non-hydrogen) atoms. The van der Waals surface area contributed by atoms with Crippen molar-refractivity contribution in [1.29, 1.82) is 0 Å². The molecule has 0 aliphatic rings. The van der Waals surface area contributed by atoms with Gasteiger partial charge in [-0.05, 0) is 27.1 Å². The molecule has 0 radical (unpaired) electrons. The van der Waals surface area contributed by atoms with Gasteiger partial charge in [0.05, 0.1) is 13.2 Å². The van der Waals surface area contributed by atoms with Crippen molar-refractivity contribution in [2.45, 2.75) is 27.2 Å². The van der Waals surface area contributed by atoms with Crippen molar-refractivity contribution in [1.82, 2.24) is 10.2 Å². The van der Waals surface area contributed by atoms with Crippen LogP contribution < -0.4 is 5.32 Å². The Bertz CT molecular complexity index is 147. The van der Waals surface area contributed by atoms with E-state index in [0.29, 0.717) is 0 Å². The molecule has 0 saturated carbocycles. The molecule has 0 saturated heterocycles. The second-order valence-corrected chi connectivity index (χ2v) is 5.20. The van der Waals surface area contributed by atoms with Crippen LogP contribution in [0.2, 0.25) is 0 Å². The third-order valence-corrected chi connectivity index (χ3v) is 2.21. The summed E-state index contributed by atoms with van der Waals surface area (Å²) in [6.45, 7) is 11.5. The molecule has 0 heterocycles. The highest BCUT2D eigenvalue weighted by Gasteiger charge is 2.17. The molecule has 0 rings (SSSR count). The van der Waals surface area contributed by atoms with Crippen molar-refractivity contribution in [2.75, 3.05) is 46.9 Å². The van der Waals surface area contributed by atoms with Crippen molar-refractivity contribution in [3.63, 3.8) is 0 Å². The SMILES string of the molecule is CCCNCC(C)(C)COCCN(C)C. The maximum atomic E-state index is 5.66. The van der Waals surface area contributed by atoms with Gasteiger partial charge in [-0.25, -0.2) is 0 Å². The summed E-state index contributed by atoms with van der Waals surface area (Å²) in [6.07, 6.45) is 1.19. The lowest BCUT2D eigenvalue weighted by Gasteiger charge is -2.25. The third kappa shape index (κ3) is 10.2. The Morgan fingerprint density at radius 1 is 1.27 bits per heavy atom. The highest BCUT2D eigenvalue weighted by atomic mass is 16.5. The number of hydrogen-bond acceptors (Lipinski definition) is 3. The van der Waals surface area contributed by atoms with E-state index in [0.717, 1.165) is 32.8 Å². The first-order valence-corrected chi connectivity index (χ1v) is 5.91. The third-order valence-electron chi connectivity index (χ3n) is 2.21. The van der Waals surface area contributed by atoms with Crippen LogP contribution in [0.1, 0.15) is 27.2 Å². The molecule has 0 amide bonds. The van der Waals surface area contributed by atoms with Gasteiger partial charge in [0.1, 0.15) is 0 Å². The topological polar surface area (TPSA) is 24.5 Å². The van der Waals surface area contributed by atoms with Crippen molar-refractivity contribution in [2.24, 2.45) is 5.41 Å². The molecule has 0 aliphatic heterocycles. The lowest BCUT2D eigenvalue weighted by Crippen LogP contribution is -2.34. The molecule has 0 aromatic rings. The first-order valence-electron chi connectivity index (χ1n) is 5.91. The van der Waals surface area contributed by atoms with Crippen LogP contribution in [0.5, 0.6) is 0 Å². The molecule has 3 heteroatoms. The van der Waals surface area contributed by atoms with E-state index >= 15 is 0 Å². The zero-order valence-corrected chi connectivity index (χ0v) is 11.1. The molecule has 0 aromatic carbocycles. The van der Waals surface area contributed by atoms with Crippen LogP contribution in [0, 0.1) is 5.41 Å². The number of ether oxygens (including phenoxy) is 1. The summed E-state index contributed by atoms with van der Waals surface area (Å²) in [5.74, 6) is 0. The lowest BCUT2D eigenvalue weighted by atomic mass is 9.95. The van der Waals surface area contributed by atoms with E-state index in [1.807, 2.05) is 0 Å². The normalized spacial score (nSPS) is 12.4. The van der Waals surface area contributed by atoms with Crippen LogP contribution in [0.15, 0.2) is 0 Å². The number of nitrogens with zero attached hydrogens (tertiary/aromatic N) is 1. The molecular formula is C12H28N2O. The summed E-state index contributed by atoms with van der Waals surface area (Å²) in [6, 6.07) is 0. The predicted octanol–water partition coefficient (Wildman–Crippen LogP) is 1.59. The van der Waals surface area contributed by atoms with Gasteiger partial charge in [0.2, 0.25) is 0 Å². The molecule has 0 aliphatic carbocycles. The summed E-state index contributed by atoms with van der Waals surface area (Å²) in [4.78, 5) is 2.14. The molecule has 0 spiro atoms. The molecule has 0 aromatic heterocycles. The van der Waals surface area contributed by atoms with E-state index in [2.05, 4.69) is 45.1 Å². The van der Waals surface area contributed by atoms with Crippen LogP contribution in [0.3, 0.4) is 0 Å². The fraction of sp³-hybridized carbons (Fsp3) is 1.00. The van der Waals surface area contributed by atoms with Gasteiger partial charge in [-0.2, -0.15) is 0 Å². The van der Waals surface area contributed by atoms with Crippen molar-refractivity contribution in [3.05, 3.63) is 0 Å². The number of rotatable bonds is 9. The van der Waals surface area contributed by atoms with E-state index in [4.69, 9.17) is 4.74 Å². The molecule has 3 nitrogen and oxygen atoms in total. The van der Waals surface area contributed by atoms with Gasteiger partial charge in [0.15, 0.2) is 0 Å². The molecular weight excluding hydrogens is 188 g/mol. The summed E-state index contributed by atoms with van der Waals surface area (Å²) in [5, 5.41) is 3.43. The van der Waals surface area contributed by atoms with Gasteiger partial charge >= 0.3 is 0 Å². The van der Waals surface area contributed by atoms with E-state index in [1.54, 1.807) is 0 Å². The van der Waals surface area contributed by atoms with Gasteiger partial charge in [-0.1, -0.05) is 20.8 Å². The Morgan fingerprint density at radius 3 is 2.47 bits per heavy atom. The molecule has 1 N–H and O–H groups in total. The van der Waals surface area contributed by atoms with Crippen molar-refractivity contribution >= 4 is 0 Å². The minimum atomic E-state index is 0.238. The monoisotopic (exact) mass is 216 g/mol. The van der Waals surface area contributed by atoms with Crippen molar-refractivity contribution in [3.8, 4) is 0 Å². The standard InChI is InChI=1S/C12H28N2O/c1-6-7-13-10-12(2,3)11-15-9-8-14(4)5/h13H,6-11H2,1-5H3. The smallest absolute Gasteiger partial charge is 0.0593 e. The second kappa shape index (κ2) is 8.08.